The summed E-state index contributed by atoms with van der Waals surface area (Å²) in [7, 11) is 0. The van der Waals surface area contributed by atoms with E-state index in [0.717, 1.165) is 22.0 Å². The zero-order valence-corrected chi connectivity index (χ0v) is 11.7. The molecule has 1 nitrogen and oxygen atoms in total. The second kappa shape index (κ2) is 5.53. The van der Waals surface area contributed by atoms with Crippen molar-refractivity contribution in [2.75, 3.05) is 0 Å². The standard InChI is InChI=1S/C13H11N.Y/c1-3-10(2)11-6-7-13-12(9-11)5-4-8-14-13;/h4-5,7-9H,1-2H3;/q-2;. The van der Waals surface area contributed by atoms with Crippen molar-refractivity contribution >= 4 is 16.5 Å². The third-order valence-corrected chi connectivity index (χ3v) is 2.31. The summed E-state index contributed by atoms with van der Waals surface area (Å²) in [4.78, 5) is 4.25. The van der Waals surface area contributed by atoms with Gasteiger partial charge in [-0.2, -0.15) is 0 Å². The fourth-order valence-corrected chi connectivity index (χ4v) is 1.37. The molecule has 0 saturated carbocycles. The zero-order valence-electron chi connectivity index (χ0n) is 8.91. The van der Waals surface area contributed by atoms with E-state index in [0.29, 0.717) is 0 Å². The summed E-state index contributed by atoms with van der Waals surface area (Å²) in [5, 5.41) is 1.15. The fourth-order valence-electron chi connectivity index (χ4n) is 1.37. The van der Waals surface area contributed by atoms with Gasteiger partial charge in [0, 0.05) is 38.9 Å². The van der Waals surface area contributed by atoms with Crippen molar-refractivity contribution in [3.05, 3.63) is 48.2 Å². The normalized spacial score (nSPS) is 11.2. The predicted molar refractivity (Wildman–Crippen MR) is 58.6 cm³/mol. The van der Waals surface area contributed by atoms with E-state index in [-0.39, 0.29) is 32.7 Å². The van der Waals surface area contributed by atoms with Crippen LogP contribution < -0.4 is 0 Å². The average Bonchev–Trinajstić information content (AvgIpc) is 2.27. The Balaban J connectivity index is 0.00000112. The van der Waals surface area contributed by atoms with Crippen LogP contribution in [0.2, 0.25) is 0 Å². The maximum absolute atomic E-state index is 4.25. The maximum Gasteiger partial charge on any atom is 0.0160 e. The van der Waals surface area contributed by atoms with Gasteiger partial charge in [-0.3, -0.25) is 0 Å². The van der Waals surface area contributed by atoms with Crippen molar-refractivity contribution in [1.82, 2.24) is 4.98 Å². The minimum Gasteiger partial charge on any atom is -0.327 e. The van der Waals surface area contributed by atoms with Gasteiger partial charge >= 0.3 is 0 Å². The Labute approximate surface area is 115 Å². The molecule has 0 atom stereocenters. The maximum atomic E-state index is 4.25. The Morgan fingerprint density at radius 2 is 2.27 bits per heavy atom. The summed E-state index contributed by atoms with van der Waals surface area (Å²) < 4.78 is 0. The van der Waals surface area contributed by atoms with E-state index in [1.165, 1.54) is 0 Å². The Morgan fingerprint density at radius 1 is 1.47 bits per heavy atom. The molecule has 2 rings (SSSR count). The van der Waals surface area contributed by atoms with Crippen molar-refractivity contribution in [3.63, 3.8) is 0 Å². The molecule has 1 aromatic carbocycles. The van der Waals surface area contributed by atoms with Gasteiger partial charge in [-0.05, 0) is 11.6 Å². The van der Waals surface area contributed by atoms with Crippen LogP contribution in [0.3, 0.4) is 0 Å². The van der Waals surface area contributed by atoms with Gasteiger partial charge in [-0.15, -0.1) is 25.3 Å². The first-order valence-corrected chi connectivity index (χ1v) is 4.59. The van der Waals surface area contributed by atoms with Crippen molar-refractivity contribution in [2.24, 2.45) is 0 Å². The SMILES string of the molecule is C[C-]=C(C)c1[c-]cc2ncccc2c1.[Y]. The molecule has 0 amide bonds. The number of hydrogen-bond acceptors (Lipinski definition) is 1. The number of aromatic nitrogens is 1. The molecule has 0 saturated heterocycles. The van der Waals surface area contributed by atoms with E-state index in [9.17, 15) is 0 Å². The molecule has 0 aliphatic carbocycles. The molecule has 0 unspecified atom stereocenters. The van der Waals surface area contributed by atoms with Crippen molar-refractivity contribution in [2.45, 2.75) is 13.8 Å². The molecular weight excluding hydrogens is 259 g/mol. The van der Waals surface area contributed by atoms with Gasteiger partial charge in [0.05, 0.1) is 0 Å². The number of hydrogen-bond donors (Lipinski definition) is 0. The number of benzene rings is 1. The predicted octanol–water partition coefficient (Wildman–Crippen LogP) is 3.26. The summed E-state index contributed by atoms with van der Waals surface area (Å²) in [6, 6.07) is 11.2. The zero-order chi connectivity index (χ0) is 9.97. The molecule has 0 aliphatic rings. The third kappa shape index (κ3) is 2.73. The number of nitrogens with zero attached hydrogens (tertiary/aromatic N) is 1. The van der Waals surface area contributed by atoms with E-state index in [1.807, 2.05) is 26.0 Å². The monoisotopic (exact) mass is 270 g/mol. The first kappa shape index (κ1) is 12.5. The van der Waals surface area contributed by atoms with Crippen LogP contribution in [0.1, 0.15) is 19.4 Å². The molecular formula is C13H11NY-2. The molecule has 1 heterocycles. The molecule has 2 aromatic rings. The molecule has 1 aromatic heterocycles. The topological polar surface area (TPSA) is 12.9 Å². The van der Waals surface area contributed by atoms with Crippen LogP contribution in [0.4, 0.5) is 0 Å². The van der Waals surface area contributed by atoms with E-state index >= 15 is 0 Å². The molecule has 73 valence electrons. The smallest absolute Gasteiger partial charge is 0.0160 e. The van der Waals surface area contributed by atoms with Crippen molar-refractivity contribution < 1.29 is 32.7 Å². The number of fused-ring (bicyclic) bond motifs is 1. The number of pyridine rings is 1. The Hall–Kier alpha value is -0.526. The van der Waals surface area contributed by atoms with Gasteiger partial charge in [-0.1, -0.05) is 6.07 Å². The summed E-state index contributed by atoms with van der Waals surface area (Å²) in [5.74, 6) is 0. The largest absolute Gasteiger partial charge is 0.327 e. The molecule has 1 radical (unpaired) electrons. The van der Waals surface area contributed by atoms with Crippen molar-refractivity contribution in [3.8, 4) is 0 Å². The third-order valence-electron chi connectivity index (χ3n) is 2.31. The van der Waals surface area contributed by atoms with E-state index in [1.54, 1.807) is 6.20 Å². The minimum absolute atomic E-state index is 0. The average molecular weight is 270 g/mol. The van der Waals surface area contributed by atoms with Gasteiger partial charge in [0.15, 0.2) is 0 Å². The quantitative estimate of drug-likeness (QED) is 0.725. The summed E-state index contributed by atoms with van der Waals surface area (Å²) in [6.45, 7) is 3.95. The molecule has 2 heteroatoms. The van der Waals surface area contributed by atoms with Crippen LogP contribution in [-0.4, -0.2) is 4.98 Å². The molecule has 0 bridgehead atoms. The van der Waals surface area contributed by atoms with Gasteiger partial charge in [-0.25, -0.2) is 12.1 Å². The molecule has 0 fully saturated rings. The van der Waals surface area contributed by atoms with Crippen LogP contribution in [0, 0.1) is 12.1 Å². The number of allylic oxidation sites excluding steroid dienone is 2. The van der Waals surface area contributed by atoms with Crippen LogP contribution in [-0.2, 0) is 32.7 Å². The van der Waals surface area contributed by atoms with E-state index in [4.69, 9.17) is 0 Å². The molecule has 0 spiro atoms. The fraction of sp³-hybridized carbons (Fsp3) is 0.154. The molecule has 0 N–H and O–H groups in total. The minimum atomic E-state index is 0. The van der Waals surface area contributed by atoms with Crippen molar-refractivity contribution in [1.29, 1.82) is 0 Å². The number of rotatable bonds is 1. The van der Waals surface area contributed by atoms with Crippen LogP contribution in [0.25, 0.3) is 16.5 Å². The first-order chi connectivity index (χ1) is 6.81. The van der Waals surface area contributed by atoms with Crippen LogP contribution >= 0.6 is 0 Å². The summed E-state index contributed by atoms with van der Waals surface area (Å²) >= 11 is 0. The molecule has 0 aliphatic heterocycles. The van der Waals surface area contributed by atoms with Gasteiger partial charge in [0.25, 0.3) is 0 Å². The Bertz CT molecular complexity index is 489. The van der Waals surface area contributed by atoms with E-state index in [2.05, 4.69) is 29.3 Å². The van der Waals surface area contributed by atoms with Gasteiger partial charge < -0.3 is 22.2 Å². The second-order valence-corrected chi connectivity index (χ2v) is 3.20. The first-order valence-electron chi connectivity index (χ1n) is 4.59. The summed E-state index contributed by atoms with van der Waals surface area (Å²) in [6.07, 6.45) is 4.91. The van der Waals surface area contributed by atoms with Gasteiger partial charge in [0.2, 0.25) is 0 Å². The second-order valence-electron chi connectivity index (χ2n) is 3.20. The van der Waals surface area contributed by atoms with E-state index < -0.39 is 0 Å². The Morgan fingerprint density at radius 3 is 3.00 bits per heavy atom. The van der Waals surface area contributed by atoms with Crippen LogP contribution in [0.5, 0.6) is 0 Å². The van der Waals surface area contributed by atoms with Gasteiger partial charge in [0.1, 0.15) is 0 Å². The molecule has 15 heavy (non-hydrogen) atoms. The van der Waals surface area contributed by atoms with Crippen LogP contribution in [0.15, 0.2) is 30.5 Å². The Kier molecular flexibility index (Phi) is 4.62. The summed E-state index contributed by atoms with van der Waals surface area (Å²) in [5.41, 5.74) is 3.20.